The Morgan fingerprint density at radius 3 is 2.52 bits per heavy atom. The van der Waals surface area contributed by atoms with Gasteiger partial charge in [0, 0.05) is 36.0 Å². The van der Waals surface area contributed by atoms with Gasteiger partial charge in [-0.05, 0) is 45.3 Å². The van der Waals surface area contributed by atoms with Crippen molar-refractivity contribution >= 4 is 16.7 Å². The molecule has 0 saturated heterocycles. The molecule has 0 spiro atoms. The van der Waals surface area contributed by atoms with E-state index >= 15 is 0 Å². The van der Waals surface area contributed by atoms with Crippen molar-refractivity contribution in [2.75, 3.05) is 46.7 Å². The van der Waals surface area contributed by atoms with Crippen molar-refractivity contribution in [2.24, 2.45) is 0 Å². The van der Waals surface area contributed by atoms with Crippen LogP contribution in [0.5, 0.6) is 11.5 Å². The molecule has 2 aromatic heterocycles. The van der Waals surface area contributed by atoms with Gasteiger partial charge in [0.2, 0.25) is 0 Å². The molecule has 0 fully saturated rings. The second-order valence-electron chi connectivity index (χ2n) is 6.45. The van der Waals surface area contributed by atoms with E-state index in [9.17, 15) is 0 Å². The highest BCUT2D eigenvalue weighted by atomic mass is 16.5. The molecule has 0 atom stereocenters. The van der Waals surface area contributed by atoms with Gasteiger partial charge in [0.15, 0.2) is 17.3 Å². The van der Waals surface area contributed by atoms with Crippen LogP contribution in [0.3, 0.4) is 0 Å². The van der Waals surface area contributed by atoms with Crippen LogP contribution in [0.1, 0.15) is 6.42 Å². The Hall–Kier alpha value is -2.93. The summed E-state index contributed by atoms with van der Waals surface area (Å²) < 4.78 is 10.9. The molecule has 0 unspecified atom stereocenters. The number of methoxy groups -OCH3 is 2. The number of fused-ring (bicyclic) bond motifs is 1. The van der Waals surface area contributed by atoms with Gasteiger partial charge in [-0.1, -0.05) is 0 Å². The zero-order valence-corrected chi connectivity index (χ0v) is 16.2. The number of hydrogen-bond acceptors (Lipinski definition) is 7. The van der Waals surface area contributed by atoms with Crippen molar-refractivity contribution < 1.29 is 9.47 Å². The molecule has 3 rings (SSSR count). The molecular formula is C20H25N5O2. The summed E-state index contributed by atoms with van der Waals surface area (Å²) in [6.07, 6.45) is 4.50. The molecule has 3 aromatic rings. The van der Waals surface area contributed by atoms with Crippen LogP contribution in [0, 0.1) is 0 Å². The van der Waals surface area contributed by atoms with E-state index in [1.807, 2.05) is 24.3 Å². The second-order valence-corrected chi connectivity index (χ2v) is 6.45. The first kappa shape index (κ1) is 18.8. The van der Waals surface area contributed by atoms with Crippen molar-refractivity contribution in [1.82, 2.24) is 19.9 Å². The normalized spacial score (nSPS) is 11.0. The molecule has 1 N–H and O–H groups in total. The number of hydrogen-bond donors (Lipinski definition) is 1. The van der Waals surface area contributed by atoms with Crippen LogP contribution in [0.25, 0.3) is 22.3 Å². The van der Waals surface area contributed by atoms with Crippen LogP contribution in [0.2, 0.25) is 0 Å². The van der Waals surface area contributed by atoms with E-state index in [-0.39, 0.29) is 0 Å². The third kappa shape index (κ3) is 4.43. The lowest BCUT2D eigenvalue weighted by Gasteiger charge is -2.15. The average molecular weight is 367 g/mol. The highest BCUT2D eigenvalue weighted by Crippen LogP contribution is 2.35. The van der Waals surface area contributed by atoms with Crippen LogP contribution in [-0.4, -0.2) is 61.3 Å². The lowest BCUT2D eigenvalue weighted by atomic mass is 10.2. The summed E-state index contributed by atoms with van der Waals surface area (Å²) in [4.78, 5) is 15.8. The molecule has 2 heterocycles. The number of nitrogens with zero attached hydrogens (tertiary/aromatic N) is 4. The zero-order valence-electron chi connectivity index (χ0n) is 16.2. The highest BCUT2D eigenvalue weighted by Gasteiger charge is 2.14. The molecule has 0 aliphatic rings. The van der Waals surface area contributed by atoms with Crippen molar-refractivity contribution in [1.29, 1.82) is 0 Å². The predicted octanol–water partition coefficient (Wildman–Crippen LogP) is 3.07. The maximum atomic E-state index is 5.45. The van der Waals surface area contributed by atoms with Gasteiger partial charge in [0.25, 0.3) is 0 Å². The molecule has 0 aliphatic heterocycles. The minimum atomic E-state index is 0.623. The number of anilines is 1. The molecular weight excluding hydrogens is 342 g/mol. The fourth-order valence-corrected chi connectivity index (χ4v) is 2.82. The Bertz CT molecular complexity index is 900. The number of ether oxygens (including phenoxy) is 2. The molecule has 7 heteroatoms. The van der Waals surface area contributed by atoms with Crippen LogP contribution < -0.4 is 14.8 Å². The van der Waals surface area contributed by atoms with Gasteiger partial charge in [-0.3, -0.25) is 4.98 Å². The lowest BCUT2D eigenvalue weighted by molar-refractivity contribution is 0.356. The van der Waals surface area contributed by atoms with Crippen LogP contribution in [0.4, 0.5) is 5.82 Å². The Morgan fingerprint density at radius 2 is 1.85 bits per heavy atom. The summed E-state index contributed by atoms with van der Waals surface area (Å²) in [6.45, 7) is 1.81. The molecule has 0 radical (unpaired) electrons. The van der Waals surface area contributed by atoms with Gasteiger partial charge in [0.05, 0.1) is 19.7 Å². The van der Waals surface area contributed by atoms with E-state index in [1.54, 1.807) is 26.6 Å². The summed E-state index contributed by atoms with van der Waals surface area (Å²) in [5.74, 6) is 2.69. The van der Waals surface area contributed by atoms with Crippen LogP contribution in [-0.2, 0) is 0 Å². The third-order valence-corrected chi connectivity index (χ3v) is 4.20. The Morgan fingerprint density at radius 1 is 1.07 bits per heavy atom. The van der Waals surface area contributed by atoms with Gasteiger partial charge in [-0.2, -0.15) is 0 Å². The summed E-state index contributed by atoms with van der Waals surface area (Å²) in [5.41, 5.74) is 1.65. The highest BCUT2D eigenvalue weighted by molar-refractivity contribution is 5.93. The van der Waals surface area contributed by atoms with Gasteiger partial charge in [0.1, 0.15) is 5.82 Å². The Labute approximate surface area is 159 Å². The van der Waals surface area contributed by atoms with Crippen molar-refractivity contribution in [2.45, 2.75) is 6.42 Å². The molecule has 7 nitrogen and oxygen atoms in total. The van der Waals surface area contributed by atoms with E-state index in [2.05, 4.69) is 29.3 Å². The first-order chi connectivity index (χ1) is 13.1. The lowest BCUT2D eigenvalue weighted by Crippen LogP contribution is -2.17. The molecule has 0 amide bonds. The van der Waals surface area contributed by atoms with Gasteiger partial charge in [-0.25, -0.2) is 9.97 Å². The maximum Gasteiger partial charge on any atom is 0.163 e. The van der Waals surface area contributed by atoms with Crippen molar-refractivity contribution in [3.63, 3.8) is 0 Å². The monoisotopic (exact) mass is 367 g/mol. The average Bonchev–Trinajstić information content (AvgIpc) is 2.70. The van der Waals surface area contributed by atoms with E-state index in [4.69, 9.17) is 19.4 Å². The maximum absolute atomic E-state index is 5.45. The molecule has 1 aromatic carbocycles. The summed E-state index contributed by atoms with van der Waals surface area (Å²) in [7, 11) is 7.38. The summed E-state index contributed by atoms with van der Waals surface area (Å²) in [6, 6.07) is 7.61. The summed E-state index contributed by atoms with van der Waals surface area (Å²) in [5, 5.41) is 4.34. The molecule has 27 heavy (non-hydrogen) atoms. The van der Waals surface area contributed by atoms with E-state index in [0.717, 1.165) is 41.8 Å². The molecule has 142 valence electrons. The molecule has 0 aliphatic carbocycles. The fourth-order valence-electron chi connectivity index (χ4n) is 2.82. The van der Waals surface area contributed by atoms with Crippen molar-refractivity contribution in [3.8, 4) is 22.9 Å². The van der Waals surface area contributed by atoms with Gasteiger partial charge >= 0.3 is 0 Å². The first-order valence-electron chi connectivity index (χ1n) is 8.85. The summed E-state index contributed by atoms with van der Waals surface area (Å²) >= 11 is 0. The Kier molecular flexibility index (Phi) is 6.03. The number of rotatable bonds is 8. The standard InChI is InChI=1S/C20H25N5O2/c1-25(2)10-6-9-22-20-15-11-17(26-3)18(27-4)12-16(15)23-19(24-20)14-7-5-8-21-13-14/h5,7-8,11-13H,6,9-10H2,1-4H3,(H,22,23,24). The van der Waals surface area contributed by atoms with Gasteiger partial charge in [-0.15, -0.1) is 0 Å². The smallest absolute Gasteiger partial charge is 0.163 e. The molecule has 0 saturated carbocycles. The predicted molar refractivity (Wildman–Crippen MR) is 108 cm³/mol. The third-order valence-electron chi connectivity index (χ3n) is 4.20. The van der Waals surface area contributed by atoms with E-state index < -0.39 is 0 Å². The topological polar surface area (TPSA) is 72.4 Å². The zero-order chi connectivity index (χ0) is 19.2. The first-order valence-corrected chi connectivity index (χ1v) is 8.85. The Balaban J connectivity index is 2.05. The SMILES string of the molecule is COc1cc2nc(-c3cccnc3)nc(NCCCN(C)C)c2cc1OC. The second kappa shape index (κ2) is 8.64. The number of benzene rings is 1. The number of aromatic nitrogens is 3. The largest absolute Gasteiger partial charge is 0.493 e. The quantitative estimate of drug-likeness (QED) is 0.613. The number of nitrogens with one attached hydrogen (secondary N) is 1. The minimum Gasteiger partial charge on any atom is -0.493 e. The number of pyridine rings is 1. The van der Waals surface area contributed by atoms with Crippen LogP contribution in [0.15, 0.2) is 36.7 Å². The fraction of sp³-hybridized carbons (Fsp3) is 0.350. The minimum absolute atomic E-state index is 0.623. The van der Waals surface area contributed by atoms with E-state index in [0.29, 0.717) is 17.3 Å². The van der Waals surface area contributed by atoms with Gasteiger partial charge < -0.3 is 19.7 Å². The van der Waals surface area contributed by atoms with E-state index in [1.165, 1.54) is 0 Å². The molecule has 0 bridgehead atoms. The van der Waals surface area contributed by atoms with Crippen molar-refractivity contribution in [3.05, 3.63) is 36.7 Å². The van der Waals surface area contributed by atoms with Crippen LogP contribution >= 0.6 is 0 Å².